The van der Waals surface area contributed by atoms with Crippen LogP contribution in [0.1, 0.15) is 37.8 Å². The molecule has 1 aliphatic rings. The van der Waals surface area contributed by atoms with E-state index < -0.39 is 16.3 Å². The van der Waals surface area contributed by atoms with Crippen LogP contribution in [0.3, 0.4) is 0 Å². The van der Waals surface area contributed by atoms with Gasteiger partial charge in [0.05, 0.1) is 0 Å². The van der Waals surface area contributed by atoms with E-state index >= 15 is 0 Å². The van der Waals surface area contributed by atoms with Crippen molar-refractivity contribution in [2.24, 2.45) is 5.73 Å². The number of nitrogens with two attached hydrogens (primary N) is 1. The van der Waals surface area contributed by atoms with Crippen LogP contribution in [0.2, 0.25) is 0 Å². The largest absolute Gasteiger partial charge is 0.329 e. The Morgan fingerprint density at radius 2 is 2.24 bits per heavy atom. The molecule has 1 aromatic carbocycles. The van der Waals surface area contributed by atoms with E-state index in [1.165, 1.54) is 16.4 Å². The van der Waals surface area contributed by atoms with Gasteiger partial charge in [0.15, 0.2) is 0 Å². The second-order valence-electron chi connectivity index (χ2n) is 5.40. The molecule has 3 N–H and O–H groups in total. The van der Waals surface area contributed by atoms with Gasteiger partial charge >= 0.3 is 0 Å². The number of nitrogens with zero attached hydrogens (tertiary/aromatic N) is 1. The summed E-state index contributed by atoms with van der Waals surface area (Å²) in [6.45, 7) is 2.50. The van der Waals surface area contributed by atoms with Crippen LogP contribution in [0, 0.1) is 5.82 Å². The zero-order chi connectivity index (χ0) is 15.5. The van der Waals surface area contributed by atoms with Gasteiger partial charge in [0.1, 0.15) is 5.82 Å². The molecule has 1 fully saturated rings. The first-order valence-electron chi connectivity index (χ1n) is 7.18. The minimum atomic E-state index is -3.62. The highest BCUT2D eigenvalue weighted by Gasteiger charge is 2.32. The second kappa shape index (κ2) is 6.83. The Hall–Kier alpha value is -1.02. The van der Waals surface area contributed by atoms with Crippen LogP contribution in [-0.2, 0) is 10.2 Å². The number of benzene rings is 1. The summed E-state index contributed by atoms with van der Waals surface area (Å²) in [5.74, 6) is -0.378. The highest BCUT2D eigenvalue weighted by atomic mass is 32.2. The van der Waals surface area contributed by atoms with E-state index in [4.69, 9.17) is 5.73 Å². The van der Waals surface area contributed by atoms with Crippen LogP contribution < -0.4 is 10.5 Å². The van der Waals surface area contributed by atoms with Gasteiger partial charge in [-0.25, -0.2) is 4.39 Å². The quantitative estimate of drug-likeness (QED) is 0.865. The van der Waals surface area contributed by atoms with Crippen molar-refractivity contribution in [3.8, 4) is 0 Å². The van der Waals surface area contributed by atoms with E-state index in [9.17, 15) is 12.8 Å². The summed E-state index contributed by atoms with van der Waals surface area (Å²) >= 11 is 0. The summed E-state index contributed by atoms with van der Waals surface area (Å²) in [5.41, 5.74) is 6.27. The van der Waals surface area contributed by atoms with Gasteiger partial charge in [-0.05, 0) is 37.5 Å². The topological polar surface area (TPSA) is 75.4 Å². The molecule has 2 rings (SSSR count). The van der Waals surface area contributed by atoms with Gasteiger partial charge < -0.3 is 5.73 Å². The Morgan fingerprint density at radius 3 is 2.90 bits per heavy atom. The summed E-state index contributed by atoms with van der Waals surface area (Å²) in [7, 11) is -3.62. The van der Waals surface area contributed by atoms with Crippen LogP contribution in [-0.4, -0.2) is 31.9 Å². The molecule has 0 aliphatic carbocycles. The predicted octanol–water partition coefficient (Wildman–Crippen LogP) is 1.53. The first-order chi connectivity index (χ1) is 9.94. The molecule has 0 saturated carbocycles. The van der Waals surface area contributed by atoms with Gasteiger partial charge in [-0.2, -0.15) is 17.4 Å². The van der Waals surface area contributed by atoms with Crippen LogP contribution >= 0.6 is 0 Å². The molecule has 21 heavy (non-hydrogen) atoms. The molecule has 5 nitrogen and oxygen atoms in total. The zero-order valence-corrected chi connectivity index (χ0v) is 12.9. The standard InChI is InChI=1S/C14H22FN3O2S/c1-11(12-5-4-6-13(15)9-12)17-21(19,20)18-8-3-2-7-14(18)10-16/h4-6,9,11,14,17H,2-3,7-8,10,16H2,1H3. The molecule has 1 aromatic rings. The number of rotatable bonds is 5. The van der Waals surface area contributed by atoms with Crippen molar-refractivity contribution in [3.05, 3.63) is 35.6 Å². The fourth-order valence-corrected chi connectivity index (χ4v) is 4.33. The fraction of sp³-hybridized carbons (Fsp3) is 0.571. The molecule has 0 amide bonds. The number of hydrogen-bond donors (Lipinski definition) is 2. The Morgan fingerprint density at radius 1 is 1.48 bits per heavy atom. The molecule has 0 bridgehead atoms. The van der Waals surface area contributed by atoms with Crippen LogP contribution in [0.4, 0.5) is 4.39 Å². The van der Waals surface area contributed by atoms with Gasteiger partial charge in [0, 0.05) is 25.2 Å². The highest BCUT2D eigenvalue weighted by molar-refractivity contribution is 7.87. The molecule has 0 spiro atoms. The van der Waals surface area contributed by atoms with E-state index in [2.05, 4.69) is 4.72 Å². The van der Waals surface area contributed by atoms with Crippen molar-refractivity contribution in [2.75, 3.05) is 13.1 Å². The Labute approximate surface area is 125 Å². The predicted molar refractivity (Wildman–Crippen MR) is 80.3 cm³/mol. The van der Waals surface area contributed by atoms with E-state index in [1.807, 2.05) is 0 Å². The smallest absolute Gasteiger partial charge is 0.280 e. The average Bonchev–Trinajstić information content (AvgIpc) is 2.46. The zero-order valence-electron chi connectivity index (χ0n) is 12.1. The number of nitrogens with one attached hydrogen (secondary N) is 1. The molecule has 118 valence electrons. The summed E-state index contributed by atoms with van der Waals surface area (Å²) < 4.78 is 42.3. The molecule has 2 unspecified atom stereocenters. The minimum absolute atomic E-state index is 0.157. The lowest BCUT2D eigenvalue weighted by molar-refractivity contribution is 0.253. The molecule has 1 heterocycles. The van der Waals surface area contributed by atoms with Crippen molar-refractivity contribution in [1.82, 2.24) is 9.03 Å². The van der Waals surface area contributed by atoms with E-state index in [0.717, 1.165) is 19.3 Å². The first kappa shape index (κ1) is 16.4. The van der Waals surface area contributed by atoms with Crippen molar-refractivity contribution in [2.45, 2.75) is 38.3 Å². The highest BCUT2D eigenvalue weighted by Crippen LogP contribution is 2.21. The molecule has 1 saturated heterocycles. The summed E-state index contributed by atoms with van der Waals surface area (Å²) in [4.78, 5) is 0. The maximum Gasteiger partial charge on any atom is 0.280 e. The third-order valence-electron chi connectivity index (χ3n) is 3.83. The third-order valence-corrected chi connectivity index (χ3v) is 5.58. The van der Waals surface area contributed by atoms with Crippen LogP contribution in [0.5, 0.6) is 0 Å². The van der Waals surface area contributed by atoms with E-state index in [0.29, 0.717) is 18.7 Å². The average molecular weight is 315 g/mol. The summed E-state index contributed by atoms with van der Waals surface area (Å²) in [5, 5.41) is 0. The maximum atomic E-state index is 13.2. The van der Waals surface area contributed by atoms with Gasteiger partial charge in [-0.3, -0.25) is 0 Å². The molecular formula is C14H22FN3O2S. The van der Waals surface area contributed by atoms with Crippen LogP contribution in [0.15, 0.2) is 24.3 Å². The van der Waals surface area contributed by atoms with Gasteiger partial charge in [0.25, 0.3) is 10.2 Å². The number of hydrogen-bond acceptors (Lipinski definition) is 3. The first-order valence-corrected chi connectivity index (χ1v) is 8.62. The van der Waals surface area contributed by atoms with Gasteiger partial charge in [0.2, 0.25) is 0 Å². The Bertz CT molecular complexity index is 579. The van der Waals surface area contributed by atoms with Crippen LogP contribution in [0.25, 0.3) is 0 Å². The number of halogens is 1. The van der Waals surface area contributed by atoms with Crippen molar-refractivity contribution in [1.29, 1.82) is 0 Å². The molecule has 1 aliphatic heterocycles. The molecule has 0 radical (unpaired) electrons. The SMILES string of the molecule is CC(NS(=O)(=O)N1CCCCC1CN)c1cccc(F)c1. The number of piperidine rings is 1. The lowest BCUT2D eigenvalue weighted by Gasteiger charge is -2.34. The minimum Gasteiger partial charge on any atom is -0.329 e. The molecular weight excluding hydrogens is 293 g/mol. The second-order valence-corrected chi connectivity index (χ2v) is 7.05. The van der Waals surface area contributed by atoms with E-state index in [1.54, 1.807) is 19.1 Å². The van der Waals surface area contributed by atoms with Crippen molar-refractivity contribution in [3.63, 3.8) is 0 Å². The van der Waals surface area contributed by atoms with Crippen molar-refractivity contribution < 1.29 is 12.8 Å². The molecule has 0 aromatic heterocycles. The lowest BCUT2D eigenvalue weighted by Crippen LogP contribution is -2.52. The molecule has 2 atom stereocenters. The fourth-order valence-electron chi connectivity index (χ4n) is 2.66. The summed E-state index contributed by atoms with van der Waals surface area (Å²) in [6, 6.07) is 5.29. The lowest BCUT2D eigenvalue weighted by atomic mass is 10.1. The summed E-state index contributed by atoms with van der Waals surface area (Å²) in [6.07, 6.45) is 2.62. The van der Waals surface area contributed by atoms with Gasteiger partial charge in [-0.1, -0.05) is 18.6 Å². The monoisotopic (exact) mass is 315 g/mol. The Kier molecular flexibility index (Phi) is 5.32. The molecule has 7 heteroatoms. The normalized spacial score (nSPS) is 22.1. The van der Waals surface area contributed by atoms with E-state index in [-0.39, 0.29) is 11.9 Å². The van der Waals surface area contributed by atoms with Crippen molar-refractivity contribution >= 4 is 10.2 Å². The maximum absolute atomic E-state index is 13.2. The Balaban J connectivity index is 2.12. The third kappa shape index (κ3) is 4.00. The van der Waals surface area contributed by atoms with Gasteiger partial charge in [-0.15, -0.1) is 0 Å².